The van der Waals surface area contributed by atoms with E-state index in [1.807, 2.05) is 6.92 Å². The zero-order valence-electron chi connectivity index (χ0n) is 11.7. The molecule has 0 bridgehead atoms. The Balaban J connectivity index is 2.36. The predicted molar refractivity (Wildman–Crippen MR) is 75.2 cm³/mol. The number of ketones is 1. The van der Waals surface area contributed by atoms with Crippen LogP contribution in [0.5, 0.6) is 0 Å². The number of rotatable bonds is 4. The van der Waals surface area contributed by atoms with Gasteiger partial charge in [-0.15, -0.1) is 0 Å². The molecule has 0 unspecified atom stereocenters. The monoisotopic (exact) mass is 297 g/mol. The van der Waals surface area contributed by atoms with Crippen molar-refractivity contribution in [3.05, 3.63) is 29.8 Å². The van der Waals surface area contributed by atoms with Gasteiger partial charge in [0.1, 0.15) is 0 Å². The third-order valence-corrected chi connectivity index (χ3v) is 5.40. The molecule has 0 aromatic heterocycles. The van der Waals surface area contributed by atoms with Gasteiger partial charge in [0.2, 0.25) is 10.0 Å². The van der Waals surface area contributed by atoms with Crippen LogP contribution in [0.2, 0.25) is 0 Å². The average Bonchev–Trinajstić information content (AvgIpc) is 2.47. The van der Waals surface area contributed by atoms with Crippen molar-refractivity contribution in [3.8, 4) is 0 Å². The molecule has 1 saturated heterocycles. The van der Waals surface area contributed by atoms with Crippen LogP contribution in [-0.4, -0.2) is 44.3 Å². The lowest BCUT2D eigenvalue weighted by atomic mass is 10.1. The molecule has 1 aromatic carbocycles. The molecule has 0 N–H and O–H groups in total. The van der Waals surface area contributed by atoms with Crippen LogP contribution in [-0.2, 0) is 14.8 Å². The van der Waals surface area contributed by atoms with E-state index in [2.05, 4.69) is 0 Å². The zero-order valence-corrected chi connectivity index (χ0v) is 12.5. The van der Waals surface area contributed by atoms with Crippen molar-refractivity contribution in [3.63, 3.8) is 0 Å². The molecule has 1 fully saturated rings. The minimum atomic E-state index is -3.57. The summed E-state index contributed by atoms with van der Waals surface area (Å²) in [6.45, 7) is 4.71. The van der Waals surface area contributed by atoms with Gasteiger partial charge in [-0.05, 0) is 19.1 Å². The molecule has 1 aliphatic rings. The molecule has 2 rings (SSSR count). The van der Waals surface area contributed by atoms with E-state index in [0.717, 1.165) is 0 Å². The molecule has 1 heterocycles. The van der Waals surface area contributed by atoms with Crippen molar-refractivity contribution in [1.82, 2.24) is 4.31 Å². The summed E-state index contributed by atoms with van der Waals surface area (Å²) in [4.78, 5) is 11.9. The summed E-state index contributed by atoms with van der Waals surface area (Å²) in [5.74, 6) is -0.0583. The van der Waals surface area contributed by atoms with Gasteiger partial charge in [0.05, 0.1) is 18.1 Å². The number of Topliss-reactive ketones (excluding diaryl/α,β-unsaturated/α-hetero) is 1. The minimum Gasteiger partial charge on any atom is -0.378 e. The molecule has 110 valence electrons. The Bertz CT molecular complexity index is 597. The number of nitrogens with zero attached hydrogens (tertiary/aromatic N) is 1. The second kappa shape index (κ2) is 6.03. The molecule has 0 amide bonds. The molecule has 6 heteroatoms. The number of benzene rings is 1. The Morgan fingerprint density at radius 2 is 2.20 bits per heavy atom. The predicted octanol–water partition coefficient (Wildman–Crippen LogP) is 1.69. The van der Waals surface area contributed by atoms with Gasteiger partial charge < -0.3 is 4.74 Å². The first-order chi connectivity index (χ1) is 9.46. The van der Waals surface area contributed by atoms with E-state index in [1.54, 1.807) is 19.1 Å². The maximum atomic E-state index is 12.6. The number of ether oxygens (including phenoxy) is 1. The normalized spacial score (nSPS) is 20.8. The fourth-order valence-corrected chi connectivity index (χ4v) is 3.89. The van der Waals surface area contributed by atoms with E-state index in [1.165, 1.54) is 16.4 Å². The number of morpholine rings is 1. The number of hydrogen-bond donors (Lipinski definition) is 0. The van der Waals surface area contributed by atoms with Crippen LogP contribution in [0.1, 0.15) is 30.6 Å². The van der Waals surface area contributed by atoms with E-state index >= 15 is 0 Å². The Labute approximate surface area is 119 Å². The Kier molecular flexibility index (Phi) is 4.57. The summed E-state index contributed by atoms with van der Waals surface area (Å²) in [7, 11) is -3.57. The SMILES string of the molecule is CCC(=O)c1cccc(S(=O)(=O)N2CCOC[C@H]2C)c1. The number of hydrogen-bond acceptors (Lipinski definition) is 4. The van der Waals surface area contributed by atoms with E-state index < -0.39 is 10.0 Å². The van der Waals surface area contributed by atoms with Gasteiger partial charge in [-0.2, -0.15) is 4.31 Å². The Morgan fingerprint density at radius 3 is 2.85 bits per heavy atom. The van der Waals surface area contributed by atoms with Gasteiger partial charge in [-0.3, -0.25) is 4.79 Å². The topological polar surface area (TPSA) is 63.7 Å². The molecule has 5 nitrogen and oxygen atoms in total. The highest BCUT2D eigenvalue weighted by Crippen LogP contribution is 2.21. The van der Waals surface area contributed by atoms with Gasteiger partial charge in [0, 0.05) is 24.6 Å². The number of sulfonamides is 1. The summed E-state index contributed by atoms with van der Waals surface area (Å²) in [6.07, 6.45) is 0.359. The summed E-state index contributed by atoms with van der Waals surface area (Å²) >= 11 is 0. The number of carbonyl (C=O) groups is 1. The summed E-state index contributed by atoms with van der Waals surface area (Å²) in [6, 6.07) is 6.06. The molecular formula is C14H19NO4S. The molecule has 20 heavy (non-hydrogen) atoms. The van der Waals surface area contributed by atoms with E-state index in [4.69, 9.17) is 4.74 Å². The highest BCUT2D eigenvalue weighted by atomic mass is 32.2. The van der Waals surface area contributed by atoms with Crippen molar-refractivity contribution in [2.45, 2.75) is 31.2 Å². The molecule has 0 aliphatic carbocycles. The van der Waals surface area contributed by atoms with Crippen LogP contribution in [0.4, 0.5) is 0 Å². The van der Waals surface area contributed by atoms with Crippen LogP contribution >= 0.6 is 0 Å². The minimum absolute atomic E-state index is 0.0583. The highest BCUT2D eigenvalue weighted by molar-refractivity contribution is 7.89. The van der Waals surface area contributed by atoms with Gasteiger partial charge in [-0.25, -0.2) is 8.42 Å². The fourth-order valence-electron chi connectivity index (χ4n) is 2.24. The van der Waals surface area contributed by atoms with Crippen molar-refractivity contribution in [2.24, 2.45) is 0 Å². The largest absolute Gasteiger partial charge is 0.378 e. The van der Waals surface area contributed by atoms with Crippen LogP contribution < -0.4 is 0 Å². The van der Waals surface area contributed by atoms with Gasteiger partial charge in [0.25, 0.3) is 0 Å². The summed E-state index contributed by atoms with van der Waals surface area (Å²) in [5.41, 5.74) is 0.439. The second-order valence-electron chi connectivity index (χ2n) is 4.84. The summed E-state index contributed by atoms with van der Waals surface area (Å²) in [5, 5.41) is 0. The lowest BCUT2D eigenvalue weighted by Gasteiger charge is -2.32. The van der Waals surface area contributed by atoms with E-state index in [-0.39, 0.29) is 16.7 Å². The smallest absolute Gasteiger partial charge is 0.243 e. The fraction of sp³-hybridized carbons (Fsp3) is 0.500. The molecular weight excluding hydrogens is 278 g/mol. The van der Waals surface area contributed by atoms with Gasteiger partial charge in [0.15, 0.2) is 5.78 Å². The quantitative estimate of drug-likeness (QED) is 0.793. The third-order valence-electron chi connectivity index (χ3n) is 3.39. The lowest BCUT2D eigenvalue weighted by molar-refractivity contribution is 0.0393. The average molecular weight is 297 g/mol. The molecule has 1 aliphatic heterocycles. The van der Waals surface area contributed by atoms with Crippen LogP contribution in [0.3, 0.4) is 0 Å². The van der Waals surface area contributed by atoms with Crippen molar-refractivity contribution in [2.75, 3.05) is 19.8 Å². The second-order valence-corrected chi connectivity index (χ2v) is 6.73. The number of carbonyl (C=O) groups excluding carboxylic acids is 1. The Hall–Kier alpha value is -1.24. The summed E-state index contributed by atoms with van der Waals surface area (Å²) < 4.78 is 31.9. The first kappa shape index (κ1) is 15.2. The lowest BCUT2D eigenvalue weighted by Crippen LogP contribution is -2.46. The standard InChI is InChI=1S/C14H19NO4S/c1-3-14(16)12-5-4-6-13(9-12)20(17,18)15-7-8-19-10-11(15)2/h4-6,9,11H,3,7-8,10H2,1-2H3/t11-/m1/s1. The third kappa shape index (κ3) is 2.92. The highest BCUT2D eigenvalue weighted by Gasteiger charge is 2.31. The molecule has 0 radical (unpaired) electrons. The van der Waals surface area contributed by atoms with Crippen molar-refractivity contribution >= 4 is 15.8 Å². The molecule has 0 spiro atoms. The maximum absolute atomic E-state index is 12.6. The molecule has 1 aromatic rings. The van der Waals surface area contributed by atoms with E-state index in [0.29, 0.717) is 31.7 Å². The molecule has 0 saturated carbocycles. The Morgan fingerprint density at radius 1 is 1.45 bits per heavy atom. The van der Waals surface area contributed by atoms with Crippen molar-refractivity contribution in [1.29, 1.82) is 0 Å². The van der Waals surface area contributed by atoms with Gasteiger partial charge >= 0.3 is 0 Å². The molecule has 1 atom stereocenters. The van der Waals surface area contributed by atoms with Gasteiger partial charge in [-0.1, -0.05) is 19.1 Å². The maximum Gasteiger partial charge on any atom is 0.243 e. The van der Waals surface area contributed by atoms with Crippen LogP contribution in [0, 0.1) is 0 Å². The van der Waals surface area contributed by atoms with Crippen LogP contribution in [0.15, 0.2) is 29.2 Å². The zero-order chi connectivity index (χ0) is 14.8. The van der Waals surface area contributed by atoms with E-state index in [9.17, 15) is 13.2 Å². The first-order valence-electron chi connectivity index (χ1n) is 6.69. The van der Waals surface area contributed by atoms with Crippen LogP contribution in [0.25, 0.3) is 0 Å². The first-order valence-corrected chi connectivity index (χ1v) is 8.13. The van der Waals surface area contributed by atoms with Crippen molar-refractivity contribution < 1.29 is 17.9 Å².